The van der Waals surface area contributed by atoms with Crippen LogP contribution in [0.25, 0.3) is 22.2 Å². The number of pyridine rings is 1. The molecule has 7 heteroatoms. The Kier molecular flexibility index (Phi) is 5.12. The summed E-state index contributed by atoms with van der Waals surface area (Å²) in [6.07, 6.45) is 4.45. The van der Waals surface area contributed by atoms with Crippen molar-refractivity contribution in [3.63, 3.8) is 0 Å². The molecule has 0 bridgehead atoms. The third-order valence-electron chi connectivity index (χ3n) is 5.02. The van der Waals surface area contributed by atoms with E-state index in [1.54, 1.807) is 17.1 Å². The van der Waals surface area contributed by atoms with Gasteiger partial charge in [-0.3, -0.25) is 14.5 Å². The maximum Gasteiger partial charge on any atom is 0.247 e. The van der Waals surface area contributed by atoms with Crippen molar-refractivity contribution in [1.82, 2.24) is 24.5 Å². The zero-order chi connectivity index (χ0) is 20.4. The van der Waals surface area contributed by atoms with Gasteiger partial charge in [0.15, 0.2) is 0 Å². The van der Waals surface area contributed by atoms with E-state index in [1.165, 1.54) is 0 Å². The van der Waals surface area contributed by atoms with Crippen LogP contribution in [0.3, 0.4) is 0 Å². The first-order chi connectivity index (χ1) is 14.1. The Hall–Kier alpha value is -3.48. The highest BCUT2D eigenvalue weighted by Crippen LogP contribution is 2.27. The lowest BCUT2D eigenvalue weighted by molar-refractivity contribution is -0.116. The Morgan fingerprint density at radius 3 is 2.76 bits per heavy atom. The summed E-state index contributed by atoms with van der Waals surface area (Å²) < 4.78 is 3.61. The predicted molar refractivity (Wildman–Crippen MR) is 114 cm³/mol. The van der Waals surface area contributed by atoms with Crippen LogP contribution >= 0.6 is 0 Å². The molecule has 0 aliphatic heterocycles. The normalized spacial score (nSPS) is 12.2. The van der Waals surface area contributed by atoms with Crippen molar-refractivity contribution in [1.29, 1.82) is 0 Å². The summed E-state index contributed by atoms with van der Waals surface area (Å²) in [4.78, 5) is 17.0. The monoisotopic (exact) mass is 388 g/mol. The molecule has 0 aliphatic carbocycles. The van der Waals surface area contributed by atoms with Gasteiger partial charge in [-0.1, -0.05) is 25.1 Å². The Balaban J connectivity index is 1.63. The van der Waals surface area contributed by atoms with E-state index in [4.69, 9.17) is 5.10 Å². The molecule has 0 aliphatic rings. The van der Waals surface area contributed by atoms with E-state index in [9.17, 15) is 4.79 Å². The number of benzene rings is 1. The van der Waals surface area contributed by atoms with Gasteiger partial charge in [0.2, 0.25) is 5.91 Å². The third kappa shape index (κ3) is 3.76. The Morgan fingerprint density at radius 1 is 1.17 bits per heavy atom. The Bertz CT molecular complexity index is 1140. The van der Waals surface area contributed by atoms with Crippen LogP contribution in [0, 0.1) is 6.92 Å². The minimum Gasteiger partial charge on any atom is -0.309 e. The van der Waals surface area contributed by atoms with E-state index >= 15 is 0 Å². The standard InChI is InChI=1S/C22H24N6O/c1-4-16(3)28-20(12-15(2)25-28)24-21(29)14-27-19-10-6-5-9-18(19)22(26-27)17-8-7-11-23-13-17/h5-13,16H,4,14H2,1-3H3,(H,24,29)/t16-/m0/s1. The van der Waals surface area contributed by atoms with Gasteiger partial charge in [0.25, 0.3) is 0 Å². The number of nitrogens with zero attached hydrogens (tertiary/aromatic N) is 5. The van der Waals surface area contributed by atoms with Gasteiger partial charge in [-0.15, -0.1) is 0 Å². The van der Waals surface area contributed by atoms with Gasteiger partial charge in [0, 0.05) is 29.4 Å². The second-order valence-electron chi connectivity index (χ2n) is 7.19. The average molecular weight is 388 g/mol. The van der Waals surface area contributed by atoms with E-state index in [2.05, 4.69) is 29.2 Å². The van der Waals surface area contributed by atoms with E-state index in [1.807, 2.05) is 54.1 Å². The maximum atomic E-state index is 12.8. The zero-order valence-electron chi connectivity index (χ0n) is 16.8. The molecule has 1 aromatic carbocycles. The van der Waals surface area contributed by atoms with Crippen molar-refractivity contribution in [3.8, 4) is 11.3 Å². The van der Waals surface area contributed by atoms with Crippen molar-refractivity contribution in [2.75, 3.05) is 5.32 Å². The minimum atomic E-state index is -0.138. The van der Waals surface area contributed by atoms with Crippen molar-refractivity contribution >= 4 is 22.6 Å². The smallest absolute Gasteiger partial charge is 0.247 e. The largest absolute Gasteiger partial charge is 0.309 e. The summed E-state index contributed by atoms with van der Waals surface area (Å²) in [7, 11) is 0. The van der Waals surface area contributed by atoms with Crippen molar-refractivity contribution in [2.45, 2.75) is 39.8 Å². The third-order valence-corrected chi connectivity index (χ3v) is 5.02. The molecule has 0 saturated heterocycles. The molecule has 0 spiro atoms. The summed E-state index contributed by atoms with van der Waals surface area (Å²) >= 11 is 0. The fraction of sp³-hybridized carbons (Fsp3) is 0.273. The lowest BCUT2D eigenvalue weighted by Crippen LogP contribution is -2.22. The molecule has 29 heavy (non-hydrogen) atoms. The highest BCUT2D eigenvalue weighted by atomic mass is 16.2. The van der Waals surface area contributed by atoms with Crippen LogP contribution < -0.4 is 5.32 Å². The van der Waals surface area contributed by atoms with Crippen molar-refractivity contribution < 1.29 is 4.79 Å². The first-order valence-electron chi connectivity index (χ1n) is 9.78. The van der Waals surface area contributed by atoms with Gasteiger partial charge in [0.05, 0.1) is 17.3 Å². The molecule has 0 radical (unpaired) electrons. The lowest BCUT2D eigenvalue weighted by Gasteiger charge is -2.14. The molecule has 1 atom stereocenters. The Labute approximate surface area is 169 Å². The summed E-state index contributed by atoms with van der Waals surface area (Å²) in [5, 5.41) is 13.2. The number of rotatable bonds is 6. The van der Waals surface area contributed by atoms with Crippen LogP contribution in [0.5, 0.6) is 0 Å². The number of aromatic nitrogens is 5. The second kappa shape index (κ2) is 7.87. The van der Waals surface area contributed by atoms with Gasteiger partial charge < -0.3 is 5.32 Å². The number of hydrogen-bond acceptors (Lipinski definition) is 4. The number of carbonyl (C=O) groups is 1. The lowest BCUT2D eigenvalue weighted by atomic mass is 10.1. The highest BCUT2D eigenvalue weighted by Gasteiger charge is 2.17. The molecule has 7 nitrogen and oxygen atoms in total. The summed E-state index contributed by atoms with van der Waals surface area (Å²) in [5.74, 6) is 0.575. The number of carbonyl (C=O) groups excluding carboxylic acids is 1. The van der Waals surface area contributed by atoms with E-state index in [0.29, 0.717) is 5.82 Å². The summed E-state index contributed by atoms with van der Waals surface area (Å²) in [6.45, 7) is 6.23. The SMILES string of the molecule is CC[C@H](C)n1nc(C)cc1NC(=O)Cn1nc(-c2cccnc2)c2ccccc21. The molecule has 1 N–H and O–H groups in total. The quantitative estimate of drug-likeness (QED) is 0.537. The van der Waals surface area contributed by atoms with Crippen LogP contribution in [-0.4, -0.2) is 30.5 Å². The molecule has 0 unspecified atom stereocenters. The topological polar surface area (TPSA) is 77.6 Å². The van der Waals surface area contributed by atoms with E-state index < -0.39 is 0 Å². The Morgan fingerprint density at radius 2 is 2.00 bits per heavy atom. The summed E-state index contributed by atoms with van der Waals surface area (Å²) in [5.41, 5.74) is 3.53. The van der Waals surface area contributed by atoms with Gasteiger partial charge in [0.1, 0.15) is 18.1 Å². The molecule has 3 aromatic heterocycles. The molecule has 1 amide bonds. The summed E-state index contributed by atoms with van der Waals surface area (Å²) in [6, 6.07) is 13.9. The molecule has 0 fully saturated rings. The van der Waals surface area contributed by atoms with Gasteiger partial charge >= 0.3 is 0 Å². The van der Waals surface area contributed by atoms with Crippen molar-refractivity contribution in [3.05, 3.63) is 60.6 Å². The first-order valence-corrected chi connectivity index (χ1v) is 9.78. The predicted octanol–water partition coefficient (Wildman–Crippen LogP) is 4.21. The minimum absolute atomic E-state index is 0.117. The van der Waals surface area contributed by atoms with Gasteiger partial charge in [-0.25, -0.2) is 4.68 Å². The number of aryl methyl sites for hydroxylation is 1. The number of para-hydroxylation sites is 1. The molecule has 0 saturated carbocycles. The molecular formula is C22H24N6O. The molecular weight excluding hydrogens is 364 g/mol. The maximum absolute atomic E-state index is 12.8. The van der Waals surface area contributed by atoms with Crippen LogP contribution in [0.4, 0.5) is 5.82 Å². The van der Waals surface area contributed by atoms with Gasteiger partial charge in [-0.2, -0.15) is 10.2 Å². The van der Waals surface area contributed by atoms with E-state index in [-0.39, 0.29) is 18.5 Å². The fourth-order valence-electron chi connectivity index (χ4n) is 3.40. The van der Waals surface area contributed by atoms with Crippen molar-refractivity contribution in [2.24, 2.45) is 0 Å². The zero-order valence-corrected chi connectivity index (χ0v) is 16.8. The number of fused-ring (bicyclic) bond motifs is 1. The number of anilines is 1. The number of nitrogens with one attached hydrogen (secondary N) is 1. The van der Waals surface area contributed by atoms with Crippen LogP contribution in [0.15, 0.2) is 54.9 Å². The first kappa shape index (κ1) is 18.9. The number of amides is 1. The highest BCUT2D eigenvalue weighted by molar-refractivity contribution is 5.95. The molecule has 4 rings (SSSR count). The van der Waals surface area contributed by atoms with Crippen LogP contribution in [-0.2, 0) is 11.3 Å². The average Bonchev–Trinajstić information content (AvgIpc) is 3.28. The van der Waals surface area contributed by atoms with E-state index in [0.717, 1.165) is 34.3 Å². The molecule has 3 heterocycles. The molecule has 4 aromatic rings. The van der Waals surface area contributed by atoms with Gasteiger partial charge in [-0.05, 0) is 38.5 Å². The molecule has 148 valence electrons. The van der Waals surface area contributed by atoms with Crippen LogP contribution in [0.2, 0.25) is 0 Å². The second-order valence-corrected chi connectivity index (χ2v) is 7.19. The fourth-order valence-corrected chi connectivity index (χ4v) is 3.40. The number of hydrogen-bond donors (Lipinski definition) is 1. The van der Waals surface area contributed by atoms with Crippen LogP contribution in [0.1, 0.15) is 32.0 Å².